The summed E-state index contributed by atoms with van der Waals surface area (Å²) in [5.41, 5.74) is 2.42. The van der Waals surface area contributed by atoms with Crippen molar-refractivity contribution in [2.24, 2.45) is 0 Å². The van der Waals surface area contributed by atoms with E-state index >= 15 is 0 Å². The van der Waals surface area contributed by atoms with Gasteiger partial charge in [-0.15, -0.1) is 0 Å². The second-order valence-electron chi connectivity index (χ2n) is 3.89. The van der Waals surface area contributed by atoms with Crippen LogP contribution in [0.25, 0.3) is 0 Å². The minimum absolute atomic E-state index is 0.887. The third-order valence-corrected chi connectivity index (χ3v) is 2.46. The molecule has 0 aromatic rings. The van der Waals surface area contributed by atoms with Crippen molar-refractivity contribution in [1.82, 2.24) is 5.32 Å². The lowest BCUT2D eigenvalue weighted by molar-refractivity contribution is 0.715. The van der Waals surface area contributed by atoms with E-state index in [4.69, 9.17) is 0 Å². The van der Waals surface area contributed by atoms with Crippen LogP contribution in [0.15, 0.2) is 73.4 Å². The smallest absolute Gasteiger partial charge is 0.000858 e. The number of hydrogen-bond acceptors (Lipinski definition) is 1. The van der Waals surface area contributed by atoms with Crippen molar-refractivity contribution in [3.05, 3.63) is 73.4 Å². The Hall–Kier alpha value is -1.60. The standard InChI is InChI=1S/C17H25N/c1-5-8-9-10-11-13-17(12-6-2)16(4)14-15-18-7-3/h5-6,8-12,18H,1-2,4,7,13-15H2,3H3/b9-8-,11-10+,17-12-. The van der Waals surface area contributed by atoms with Crippen LogP contribution in [0.3, 0.4) is 0 Å². The van der Waals surface area contributed by atoms with Crippen molar-refractivity contribution in [2.75, 3.05) is 13.1 Å². The summed E-state index contributed by atoms with van der Waals surface area (Å²) < 4.78 is 0. The highest BCUT2D eigenvalue weighted by Gasteiger charge is 1.99. The first-order chi connectivity index (χ1) is 8.76. The first kappa shape index (κ1) is 16.4. The van der Waals surface area contributed by atoms with Crippen molar-refractivity contribution in [2.45, 2.75) is 19.8 Å². The molecule has 0 rings (SSSR count). The molecule has 18 heavy (non-hydrogen) atoms. The average molecular weight is 243 g/mol. The zero-order valence-corrected chi connectivity index (χ0v) is 11.5. The fraction of sp³-hybridized carbons (Fsp3) is 0.294. The second-order valence-corrected chi connectivity index (χ2v) is 3.89. The predicted molar refractivity (Wildman–Crippen MR) is 83.7 cm³/mol. The van der Waals surface area contributed by atoms with Crippen molar-refractivity contribution in [1.29, 1.82) is 0 Å². The molecule has 0 heterocycles. The summed E-state index contributed by atoms with van der Waals surface area (Å²) in [5, 5.41) is 3.31. The highest BCUT2D eigenvalue weighted by Crippen LogP contribution is 2.16. The van der Waals surface area contributed by atoms with E-state index in [1.54, 1.807) is 6.08 Å². The Kier molecular flexibility index (Phi) is 10.8. The molecule has 0 spiro atoms. The van der Waals surface area contributed by atoms with Crippen LogP contribution in [0.1, 0.15) is 19.8 Å². The minimum Gasteiger partial charge on any atom is -0.317 e. The van der Waals surface area contributed by atoms with Crippen LogP contribution < -0.4 is 5.32 Å². The zero-order chi connectivity index (χ0) is 13.6. The molecule has 0 amide bonds. The van der Waals surface area contributed by atoms with Gasteiger partial charge in [0.2, 0.25) is 0 Å². The van der Waals surface area contributed by atoms with Crippen molar-refractivity contribution >= 4 is 0 Å². The number of allylic oxidation sites excluding steroid dienone is 8. The SMILES string of the molecule is C=C/C=C\C=C\C/C(=C/C=C)C(=C)CCNCC. The molecule has 98 valence electrons. The van der Waals surface area contributed by atoms with E-state index in [-0.39, 0.29) is 0 Å². The third-order valence-electron chi connectivity index (χ3n) is 2.46. The fourth-order valence-corrected chi connectivity index (χ4v) is 1.47. The molecule has 0 aliphatic rings. The molecule has 0 aromatic carbocycles. The van der Waals surface area contributed by atoms with Gasteiger partial charge in [-0.25, -0.2) is 0 Å². The molecule has 0 aliphatic carbocycles. The van der Waals surface area contributed by atoms with E-state index in [0.717, 1.165) is 25.9 Å². The van der Waals surface area contributed by atoms with Gasteiger partial charge in [0.15, 0.2) is 0 Å². The summed E-state index contributed by atoms with van der Waals surface area (Å²) in [6.45, 7) is 15.6. The molecule has 0 aliphatic heterocycles. The minimum atomic E-state index is 0.887. The van der Waals surface area contributed by atoms with Crippen LogP contribution in [0, 0.1) is 0 Å². The second kappa shape index (κ2) is 11.9. The van der Waals surface area contributed by atoms with Gasteiger partial charge < -0.3 is 5.32 Å². The largest absolute Gasteiger partial charge is 0.317 e. The van der Waals surface area contributed by atoms with E-state index in [0.29, 0.717) is 0 Å². The Morgan fingerprint density at radius 1 is 1.11 bits per heavy atom. The Balaban J connectivity index is 4.30. The van der Waals surface area contributed by atoms with Crippen molar-refractivity contribution in [3.8, 4) is 0 Å². The molecule has 0 radical (unpaired) electrons. The summed E-state index contributed by atoms with van der Waals surface area (Å²) in [6.07, 6.45) is 15.5. The van der Waals surface area contributed by atoms with E-state index in [2.05, 4.69) is 38.1 Å². The van der Waals surface area contributed by atoms with Gasteiger partial charge in [-0.05, 0) is 31.5 Å². The first-order valence-corrected chi connectivity index (χ1v) is 6.40. The molecule has 0 bridgehead atoms. The van der Waals surface area contributed by atoms with Crippen LogP contribution in [0.2, 0.25) is 0 Å². The molecular weight excluding hydrogens is 218 g/mol. The topological polar surface area (TPSA) is 12.0 Å². The molecule has 0 unspecified atom stereocenters. The molecule has 0 aromatic heterocycles. The van der Waals surface area contributed by atoms with E-state index < -0.39 is 0 Å². The monoisotopic (exact) mass is 243 g/mol. The van der Waals surface area contributed by atoms with Gasteiger partial charge in [0.1, 0.15) is 0 Å². The van der Waals surface area contributed by atoms with Gasteiger partial charge in [0, 0.05) is 0 Å². The summed E-state index contributed by atoms with van der Waals surface area (Å²) in [5.74, 6) is 0. The lowest BCUT2D eigenvalue weighted by Crippen LogP contribution is -2.14. The molecule has 0 saturated heterocycles. The van der Waals surface area contributed by atoms with Gasteiger partial charge in [0.05, 0.1) is 0 Å². The van der Waals surface area contributed by atoms with Crippen LogP contribution >= 0.6 is 0 Å². The lowest BCUT2D eigenvalue weighted by atomic mass is 10.0. The maximum atomic E-state index is 4.14. The number of rotatable bonds is 10. The van der Waals surface area contributed by atoms with Crippen LogP contribution in [-0.2, 0) is 0 Å². The summed E-state index contributed by atoms with van der Waals surface area (Å²) in [7, 11) is 0. The lowest BCUT2D eigenvalue weighted by Gasteiger charge is -2.08. The third kappa shape index (κ3) is 8.54. The predicted octanol–water partition coefficient (Wildman–Crippen LogP) is 4.34. The molecular formula is C17H25N. The first-order valence-electron chi connectivity index (χ1n) is 6.40. The number of hydrogen-bond donors (Lipinski definition) is 1. The van der Waals surface area contributed by atoms with Crippen molar-refractivity contribution in [3.63, 3.8) is 0 Å². The Morgan fingerprint density at radius 2 is 1.89 bits per heavy atom. The summed E-state index contributed by atoms with van der Waals surface area (Å²) >= 11 is 0. The highest BCUT2D eigenvalue weighted by atomic mass is 14.8. The van der Waals surface area contributed by atoms with Gasteiger partial charge in [-0.3, -0.25) is 0 Å². The molecule has 1 nitrogen and oxygen atoms in total. The van der Waals surface area contributed by atoms with E-state index in [9.17, 15) is 0 Å². The number of nitrogens with one attached hydrogen (secondary N) is 1. The maximum Gasteiger partial charge on any atom is -0.000858 e. The van der Waals surface area contributed by atoms with Crippen LogP contribution in [0.4, 0.5) is 0 Å². The Morgan fingerprint density at radius 3 is 2.50 bits per heavy atom. The zero-order valence-electron chi connectivity index (χ0n) is 11.5. The summed E-state index contributed by atoms with van der Waals surface area (Å²) in [6, 6.07) is 0. The van der Waals surface area contributed by atoms with Gasteiger partial charge in [0.25, 0.3) is 0 Å². The highest BCUT2D eigenvalue weighted by molar-refractivity contribution is 5.33. The average Bonchev–Trinajstić information content (AvgIpc) is 2.37. The maximum absolute atomic E-state index is 4.14. The van der Waals surface area contributed by atoms with Gasteiger partial charge in [-0.2, -0.15) is 0 Å². The fourth-order valence-electron chi connectivity index (χ4n) is 1.47. The molecule has 0 atom stereocenters. The van der Waals surface area contributed by atoms with Gasteiger partial charge in [-0.1, -0.05) is 74.8 Å². The Bertz CT molecular complexity index is 343. The Labute approximate surface area is 112 Å². The van der Waals surface area contributed by atoms with Crippen LogP contribution in [-0.4, -0.2) is 13.1 Å². The summed E-state index contributed by atoms with van der Waals surface area (Å²) in [4.78, 5) is 0. The van der Waals surface area contributed by atoms with Crippen molar-refractivity contribution < 1.29 is 0 Å². The molecule has 0 fully saturated rings. The quantitative estimate of drug-likeness (QED) is 0.444. The van der Waals surface area contributed by atoms with E-state index in [1.807, 2.05) is 30.4 Å². The van der Waals surface area contributed by atoms with Gasteiger partial charge >= 0.3 is 0 Å². The van der Waals surface area contributed by atoms with Crippen LogP contribution in [0.5, 0.6) is 0 Å². The molecule has 1 heteroatoms. The molecule has 0 saturated carbocycles. The normalized spacial score (nSPS) is 12.2. The molecule has 1 N–H and O–H groups in total. The van der Waals surface area contributed by atoms with E-state index in [1.165, 1.54) is 11.1 Å².